The first-order chi connectivity index (χ1) is 10.6. The molecular weight excluding hydrogens is 275 g/mol. The topological polar surface area (TPSA) is 0 Å². The minimum Gasteiger partial charge on any atom is -0.0816 e. The van der Waals surface area contributed by atoms with Crippen LogP contribution in [0.25, 0.3) is 0 Å². The van der Waals surface area contributed by atoms with Crippen LogP contribution in [-0.2, 0) is 10.8 Å². The van der Waals surface area contributed by atoms with Crippen LogP contribution in [0.15, 0.2) is 42.5 Å². The summed E-state index contributed by atoms with van der Waals surface area (Å²) in [7, 11) is 2.28. The molecule has 23 heavy (non-hydrogen) atoms. The fourth-order valence-corrected chi connectivity index (χ4v) is 3.78. The largest absolute Gasteiger partial charge is 0.140 e. The van der Waals surface area contributed by atoms with Crippen LogP contribution in [-0.4, -0.2) is 7.85 Å². The van der Waals surface area contributed by atoms with E-state index in [4.69, 9.17) is 0 Å². The van der Waals surface area contributed by atoms with Crippen molar-refractivity contribution in [1.82, 2.24) is 0 Å². The molecule has 2 aromatic rings. The second-order valence-corrected chi connectivity index (χ2v) is 8.60. The molecule has 0 saturated heterocycles. The lowest BCUT2D eigenvalue weighted by molar-refractivity contribution is 0.550. The molecule has 0 bridgehead atoms. The van der Waals surface area contributed by atoms with Crippen molar-refractivity contribution in [2.24, 2.45) is 0 Å². The van der Waals surface area contributed by atoms with E-state index in [9.17, 15) is 0 Å². The summed E-state index contributed by atoms with van der Waals surface area (Å²) in [4.78, 5) is 0. The van der Waals surface area contributed by atoms with Crippen molar-refractivity contribution >= 4 is 13.3 Å². The Morgan fingerprint density at radius 2 is 1.26 bits per heavy atom. The lowest BCUT2D eigenvalue weighted by atomic mass is 9.66. The van der Waals surface area contributed by atoms with Gasteiger partial charge in [0, 0.05) is 5.41 Å². The van der Waals surface area contributed by atoms with E-state index in [1.165, 1.54) is 27.7 Å². The number of hydrogen-bond donors (Lipinski definition) is 0. The molecule has 0 atom stereocenters. The Bertz CT molecular complexity index is 687. The summed E-state index contributed by atoms with van der Waals surface area (Å²) in [5.74, 6) is 0.559. The predicted octanol–water partition coefficient (Wildman–Crippen LogP) is 4.69. The lowest BCUT2D eigenvalue weighted by Gasteiger charge is -2.35. The summed E-state index contributed by atoms with van der Waals surface area (Å²) in [6, 6.07) is 15.7. The SMILES string of the molecule is Bc1c(C(C)C)cccc1C(C)(C)c1ccccc1C(C)(C)C. The highest BCUT2D eigenvalue weighted by atomic mass is 14.3. The molecule has 0 aliphatic rings. The first-order valence-corrected chi connectivity index (χ1v) is 8.76. The van der Waals surface area contributed by atoms with Crippen LogP contribution < -0.4 is 5.46 Å². The zero-order valence-corrected chi connectivity index (χ0v) is 16.1. The smallest absolute Gasteiger partial charge is 0.0816 e. The molecule has 0 aliphatic heterocycles. The normalized spacial score (nSPS) is 12.7. The maximum atomic E-state index is 2.37. The highest BCUT2D eigenvalue weighted by Crippen LogP contribution is 2.38. The van der Waals surface area contributed by atoms with Gasteiger partial charge in [-0.2, -0.15) is 0 Å². The monoisotopic (exact) mass is 306 g/mol. The van der Waals surface area contributed by atoms with Gasteiger partial charge in [-0.25, -0.2) is 0 Å². The third kappa shape index (κ3) is 3.39. The van der Waals surface area contributed by atoms with Crippen LogP contribution in [0.4, 0.5) is 0 Å². The molecular formula is C22H31B. The second kappa shape index (κ2) is 6.19. The van der Waals surface area contributed by atoms with E-state index in [1.807, 2.05) is 0 Å². The van der Waals surface area contributed by atoms with E-state index in [0.717, 1.165) is 0 Å². The molecule has 0 aliphatic carbocycles. The third-order valence-electron chi connectivity index (χ3n) is 5.08. The van der Waals surface area contributed by atoms with Gasteiger partial charge >= 0.3 is 0 Å². The van der Waals surface area contributed by atoms with Gasteiger partial charge in [0.05, 0.1) is 0 Å². The van der Waals surface area contributed by atoms with E-state index < -0.39 is 0 Å². The molecule has 0 unspecified atom stereocenters. The van der Waals surface area contributed by atoms with Gasteiger partial charge in [-0.15, -0.1) is 0 Å². The summed E-state index contributed by atoms with van der Waals surface area (Å²) in [6.07, 6.45) is 0. The molecule has 0 heterocycles. The third-order valence-corrected chi connectivity index (χ3v) is 5.08. The van der Waals surface area contributed by atoms with Crippen LogP contribution in [0.2, 0.25) is 0 Å². The first kappa shape index (κ1) is 17.9. The average Bonchev–Trinajstić information content (AvgIpc) is 2.46. The highest BCUT2D eigenvalue weighted by Gasteiger charge is 2.30. The Balaban J connectivity index is 2.68. The molecule has 2 aromatic carbocycles. The summed E-state index contributed by atoms with van der Waals surface area (Å²) < 4.78 is 0. The van der Waals surface area contributed by atoms with Crippen molar-refractivity contribution in [2.45, 2.75) is 65.2 Å². The molecule has 0 aromatic heterocycles. The van der Waals surface area contributed by atoms with Gasteiger partial charge in [0.15, 0.2) is 0 Å². The van der Waals surface area contributed by atoms with Crippen molar-refractivity contribution in [3.8, 4) is 0 Å². The maximum Gasteiger partial charge on any atom is 0.140 e. The van der Waals surface area contributed by atoms with Crippen LogP contribution in [0.5, 0.6) is 0 Å². The fourth-order valence-electron chi connectivity index (χ4n) is 3.78. The number of benzene rings is 2. The fraction of sp³-hybridized carbons (Fsp3) is 0.455. The van der Waals surface area contributed by atoms with Gasteiger partial charge in [-0.3, -0.25) is 0 Å². The Morgan fingerprint density at radius 1 is 0.739 bits per heavy atom. The Labute approximate surface area is 143 Å². The number of hydrogen-bond acceptors (Lipinski definition) is 0. The van der Waals surface area contributed by atoms with Gasteiger partial charge in [0.25, 0.3) is 0 Å². The Kier molecular flexibility index (Phi) is 4.80. The summed E-state index contributed by atoms with van der Waals surface area (Å²) in [5, 5.41) is 0. The maximum absolute atomic E-state index is 2.37. The molecule has 0 saturated carbocycles. The molecule has 0 amide bonds. The quantitative estimate of drug-likeness (QED) is 0.722. The lowest BCUT2D eigenvalue weighted by Crippen LogP contribution is -2.32. The van der Waals surface area contributed by atoms with Gasteiger partial charge in [0.2, 0.25) is 0 Å². The molecule has 0 fully saturated rings. The molecule has 1 heteroatoms. The van der Waals surface area contributed by atoms with Crippen molar-refractivity contribution < 1.29 is 0 Å². The van der Waals surface area contributed by atoms with Crippen molar-refractivity contribution in [3.05, 3.63) is 64.7 Å². The molecule has 0 nitrogen and oxygen atoms in total. The van der Waals surface area contributed by atoms with Gasteiger partial charge in [-0.05, 0) is 28.0 Å². The van der Waals surface area contributed by atoms with Gasteiger partial charge in [0.1, 0.15) is 7.85 Å². The van der Waals surface area contributed by atoms with Crippen LogP contribution in [0, 0.1) is 0 Å². The van der Waals surface area contributed by atoms with Crippen molar-refractivity contribution in [2.75, 3.05) is 0 Å². The van der Waals surface area contributed by atoms with Crippen LogP contribution >= 0.6 is 0 Å². The zero-order chi connectivity index (χ0) is 17.4. The van der Waals surface area contributed by atoms with Crippen molar-refractivity contribution in [1.29, 1.82) is 0 Å². The van der Waals surface area contributed by atoms with E-state index in [1.54, 1.807) is 0 Å². The molecule has 0 radical (unpaired) electrons. The Hall–Kier alpha value is -1.50. The standard InChI is InChI=1S/C22H31B/c1-15(2)16-11-10-14-19(20(16)23)22(6,7)18-13-9-8-12-17(18)21(3,4)5/h8-15H,23H2,1-7H3. The first-order valence-electron chi connectivity index (χ1n) is 8.76. The summed E-state index contributed by atoms with van der Waals surface area (Å²) in [5.41, 5.74) is 7.38. The Morgan fingerprint density at radius 3 is 1.78 bits per heavy atom. The van der Waals surface area contributed by atoms with Gasteiger partial charge in [-0.1, -0.05) is 102 Å². The van der Waals surface area contributed by atoms with E-state index in [-0.39, 0.29) is 10.8 Å². The number of rotatable bonds is 3. The molecule has 122 valence electrons. The minimum atomic E-state index is -0.00113. The van der Waals surface area contributed by atoms with Crippen LogP contribution in [0.1, 0.15) is 76.6 Å². The molecule has 2 rings (SSSR count). The molecule has 0 N–H and O–H groups in total. The minimum absolute atomic E-state index is 0.00113. The predicted molar refractivity (Wildman–Crippen MR) is 106 cm³/mol. The van der Waals surface area contributed by atoms with Crippen LogP contribution in [0.3, 0.4) is 0 Å². The average molecular weight is 306 g/mol. The summed E-state index contributed by atoms with van der Waals surface area (Å²) in [6.45, 7) is 16.2. The second-order valence-electron chi connectivity index (χ2n) is 8.60. The summed E-state index contributed by atoms with van der Waals surface area (Å²) >= 11 is 0. The van der Waals surface area contributed by atoms with E-state index >= 15 is 0 Å². The molecule has 0 spiro atoms. The van der Waals surface area contributed by atoms with Crippen molar-refractivity contribution in [3.63, 3.8) is 0 Å². The van der Waals surface area contributed by atoms with E-state index in [2.05, 4.69) is 98.8 Å². The highest BCUT2D eigenvalue weighted by molar-refractivity contribution is 6.34. The zero-order valence-electron chi connectivity index (χ0n) is 16.1. The van der Waals surface area contributed by atoms with E-state index in [0.29, 0.717) is 5.92 Å². The van der Waals surface area contributed by atoms with Gasteiger partial charge < -0.3 is 0 Å².